The van der Waals surface area contributed by atoms with E-state index in [4.69, 9.17) is 63.3 Å². The van der Waals surface area contributed by atoms with Gasteiger partial charge in [0.2, 0.25) is 11.4 Å². The van der Waals surface area contributed by atoms with Gasteiger partial charge in [0.15, 0.2) is 23.8 Å². The number of aromatic nitrogens is 12. The van der Waals surface area contributed by atoms with Crippen molar-refractivity contribution in [3.8, 4) is 51.6 Å². The maximum atomic E-state index is 11.6. The van der Waals surface area contributed by atoms with Crippen LogP contribution in [0.1, 0.15) is 35.4 Å². The quantitative estimate of drug-likeness (QED) is 0.0538. The second-order valence-corrected chi connectivity index (χ2v) is 25.4. The first-order chi connectivity index (χ1) is 33.1. The lowest BCUT2D eigenvalue weighted by atomic mass is 10.1. The van der Waals surface area contributed by atoms with Crippen molar-refractivity contribution in [3.63, 3.8) is 0 Å². The molecule has 0 saturated carbocycles. The summed E-state index contributed by atoms with van der Waals surface area (Å²) in [6.07, 6.45) is 11.8. The van der Waals surface area contributed by atoms with Crippen LogP contribution >= 0.6 is 58.0 Å². The minimum atomic E-state index is -0.611. The molecule has 8 rings (SSSR count). The van der Waals surface area contributed by atoms with E-state index in [9.17, 15) is 15.2 Å². The number of halogens is 5. The summed E-state index contributed by atoms with van der Waals surface area (Å²) in [5.41, 5.74) is 8.93. The molecule has 0 aliphatic carbocycles. The molecule has 8 heterocycles. The molecule has 0 aliphatic rings. The van der Waals surface area contributed by atoms with Gasteiger partial charge in [-0.05, 0) is 86.8 Å². The molecule has 0 N–H and O–H groups in total. The Labute approximate surface area is 448 Å². The van der Waals surface area contributed by atoms with Crippen LogP contribution in [-0.2, 0) is 28.2 Å². The van der Waals surface area contributed by atoms with Crippen molar-refractivity contribution in [2.45, 2.75) is 61.3 Å². The molecule has 0 radical (unpaired) electrons. The highest BCUT2D eigenvalue weighted by atomic mass is 35.5. The Kier molecular flexibility index (Phi) is 24.1. The van der Waals surface area contributed by atoms with E-state index in [1.165, 1.54) is 17.3 Å². The Morgan fingerprint density at radius 1 is 0.611 bits per heavy atom. The SMILES string of the molecule is C.CN(C)C(=O)Cl.C[Si](C)(C)C.Cc1c(Cl)cc(C#N)nc1-c1ccn(C)n1.Cc1c(Cl)cc[n+]([O-])c1-c1ccn(C)n1.Cc1c(Cl)cc[n+]([O-])c1-c1ccn(C)n1.Cc1c(Cl)ccnc1-c1ccn(C)n1. The molecule has 1 amide bonds. The molecule has 0 bridgehead atoms. The van der Waals surface area contributed by atoms with E-state index in [1.54, 1.807) is 116 Å². The van der Waals surface area contributed by atoms with Gasteiger partial charge >= 0.3 is 5.37 Å². The van der Waals surface area contributed by atoms with E-state index >= 15 is 0 Å². The third-order valence-electron chi connectivity index (χ3n) is 9.22. The predicted octanol–water partition coefficient (Wildman–Crippen LogP) is 11.6. The number of hydrogen-bond acceptors (Lipinski definition) is 10. The van der Waals surface area contributed by atoms with Crippen LogP contribution in [0.5, 0.6) is 0 Å². The number of pyridine rings is 4. The normalized spacial score (nSPS) is 10.2. The van der Waals surface area contributed by atoms with Crippen LogP contribution in [0.2, 0.25) is 46.3 Å². The molecule has 23 heteroatoms. The number of nitriles is 1. The highest BCUT2D eigenvalue weighted by Gasteiger charge is 2.19. The zero-order valence-corrected chi connectivity index (χ0v) is 46.8. The average molecular weight is 1100 g/mol. The van der Waals surface area contributed by atoms with Crippen molar-refractivity contribution in [1.29, 1.82) is 5.26 Å². The molecular weight excluding hydrogens is 1040 g/mol. The van der Waals surface area contributed by atoms with E-state index in [2.05, 4.69) is 56.6 Å². The fourth-order valence-electron chi connectivity index (χ4n) is 5.65. The van der Waals surface area contributed by atoms with E-state index in [0.29, 0.717) is 49.2 Å². The lowest BCUT2D eigenvalue weighted by molar-refractivity contribution is -0.594. The Morgan fingerprint density at radius 3 is 1.28 bits per heavy atom. The van der Waals surface area contributed by atoms with Crippen molar-refractivity contribution in [2.24, 2.45) is 28.2 Å². The standard InChI is InChI=1S/C11H9ClN4.2C10H10ClN3O.C10H10ClN3.C4H12Si.C3H6ClNO.CH4/c1-7-9(12)5-8(6-13)14-11(7)10-3-4-16(2)15-10;2*1-7-8(11)3-6-14(15)10(7)9-4-5-13(2)12-9;1-7-8(11)3-5-12-10(7)9-4-6-14(2)13-9;1-5(2,3)4;1-5(2)3(4)6;/h3-5H,1-2H3;2*3-6H,1-2H3;3-6H,1-2H3;1-4H3;1-2H3;1H4. The Hall–Kier alpha value is -6.33. The van der Waals surface area contributed by atoms with Gasteiger partial charge in [0.25, 0.3) is 0 Å². The number of hydrogen-bond donors (Lipinski definition) is 0. The predicted molar refractivity (Wildman–Crippen MR) is 293 cm³/mol. The molecule has 0 spiro atoms. The fourth-order valence-corrected chi connectivity index (χ4v) is 6.28. The van der Waals surface area contributed by atoms with Crippen molar-refractivity contribution >= 4 is 71.4 Å². The molecule has 0 unspecified atom stereocenters. The molecule has 17 nitrogen and oxygen atoms in total. The summed E-state index contributed by atoms with van der Waals surface area (Å²) in [6, 6.07) is 15.8. The summed E-state index contributed by atoms with van der Waals surface area (Å²) >= 11 is 28.8. The van der Waals surface area contributed by atoms with Gasteiger partial charge < -0.3 is 15.3 Å². The van der Waals surface area contributed by atoms with Gasteiger partial charge in [-0.25, -0.2) is 4.98 Å². The summed E-state index contributed by atoms with van der Waals surface area (Å²) in [5.74, 6) is 0. The maximum absolute atomic E-state index is 11.6. The summed E-state index contributed by atoms with van der Waals surface area (Å²) in [4.78, 5) is 19.6. The summed E-state index contributed by atoms with van der Waals surface area (Å²) in [5, 5.41) is 50.9. The largest absolute Gasteiger partial charge is 0.618 e. The topological polar surface area (TPSA) is 195 Å². The van der Waals surface area contributed by atoms with Gasteiger partial charge in [-0.3, -0.25) is 28.5 Å². The third-order valence-corrected chi connectivity index (χ3v) is 11.2. The minimum Gasteiger partial charge on any atom is -0.618 e. The second-order valence-electron chi connectivity index (χ2n) is 17.4. The average Bonchev–Trinajstić information content (AvgIpc) is 4.13. The maximum Gasteiger partial charge on any atom is 0.315 e. The molecule has 72 heavy (non-hydrogen) atoms. The van der Waals surface area contributed by atoms with Crippen molar-refractivity contribution < 1.29 is 14.3 Å². The van der Waals surface area contributed by atoms with E-state index < -0.39 is 13.4 Å². The number of carbonyl (C=O) groups is 1. The first-order valence-corrected chi connectivity index (χ1v) is 27.3. The number of carbonyl (C=O) groups excluding carboxylic acids is 1. The second kappa shape index (κ2) is 28.1. The van der Waals surface area contributed by atoms with Crippen LogP contribution < -0.4 is 9.46 Å². The van der Waals surface area contributed by atoms with Gasteiger partial charge in [0, 0.05) is 115 Å². The first-order valence-electron chi connectivity index (χ1n) is 21.4. The molecular formula is C49H61Cl5N14O3Si. The summed E-state index contributed by atoms with van der Waals surface area (Å²) < 4.78 is 8.29. The number of rotatable bonds is 4. The van der Waals surface area contributed by atoms with Crippen LogP contribution in [0.4, 0.5) is 4.79 Å². The van der Waals surface area contributed by atoms with Crippen molar-refractivity contribution in [3.05, 3.63) is 150 Å². The zero-order chi connectivity index (χ0) is 53.5. The monoisotopic (exact) mass is 1100 g/mol. The van der Waals surface area contributed by atoms with E-state index in [-0.39, 0.29) is 7.43 Å². The lowest BCUT2D eigenvalue weighted by Gasteiger charge is -2.05. The first kappa shape index (κ1) is 61.8. The fraction of sp³-hybridized carbons (Fsp3) is 0.306. The van der Waals surface area contributed by atoms with Gasteiger partial charge in [0.1, 0.15) is 23.2 Å². The lowest BCUT2D eigenvalue weighted by Crippen LogP contribution is -2.29. The van der Waals surface area contributed by atoms with Crippen molar-refractivity contribution in [2.75, 3.05) is 14.1 Å². The number of amides is 1. The minimum absolute atomic E-state index is 0. The van der Waals surface area contributed by atoms with Crippen molar-refractivity contribution in [1.82, 2.24) is 54.0 Å². The highest BCUT2D eigenvalue weighted by molar-refractivity contribution is 6.74. The smallest absolute Gasteiger partial charge is 0.315 e. The van der Waals surface area contributed by atoms with Crippen LogP contribution in [0.3, 0.4) is 0 Å². The molecule has 8 aromatic heterocycles. The molecule has 8 aromatic rings. The van der Waals surface area contributed by atoms with Crippen LogP contribution in [0.25, 0.3) is 45.6 Å². The van der Waals surface area contributed by atoms with E-state index in [0.717, 1.165) is 53.8 Å². The molecule has 0 atom stereocenters. The van der Waals surface area contributed by atoms with Gasteiger partial charge in [-0.1, -0.05) is 80.0 Å². The summed E-state index contributed by atoms with van der Waals surface area (Å²) in [7, 11) is 9.89. The van der Waals surface area contributed by atoms with E-state index in [1.807, 2.05) is 58.5 Å². The Morgan fingerprint density at radius 2 is 0.944 bits per heavy atom. The zero-order valence-electron chi connectivity index (χ0n) is 42.0. The van der Waals surface area contributed by atoms with Gasteiger partial charge in [-0.2, -0.15) is 35.1 Å². The number of aryl methyl sites for hydroxylation is 4. The molecule has 0 aliphatic heterocycles. The van der Waals surface area contributed by atoms with Gasteiger partial charge in [-0.15, -0.1) is 0 Å². The summed E-state index contributed by atoms with van der Waals surface area (Å²) in [6.45, 7) is 16.7. The third kappa shape index (κ3) is 18.7. The molecule has 0 fully saturated rings. The molecule has 384 valence electrons. The van der Waals surface area contributed by atoms with Gasteiger partial charge in [0.05, 0.1) is 21.4 Å². The Bertz CT molecular complexity index is 3000. The Balaban J connectivity index is 0.000000306. The highest BCUT2D eigenvalue weighted by Crippen LogP contribution is 2.28. The van der Waals surface area contributed by atoms with Crippen LogP contribution in [0, 0.1) is 49.4 Å². The molecule has 0 saturated heterocycles. The van der Waals surface area contributed by atoms with Crippen LogP contribution in [-0.4, -0.2) is 81.5 Å². The van der Waals surface area contributed by atoms with Crippen LogP contribution in [0.15, 0.2) is 91.9 Å². The number of nitrogens with zero attached hydrogens (tertiary/aromatic N) is 14. The molecule has 0 aromatic carbocycles.